The zero-order valence-corrected chi connectivity index (χ0v) is 17.2. The molecule has 0 saturated heterocycles. The summed E-state index contributed by atoms with van der Waals surface area (Å²) in [6.45, 7) is 2.93. The second-order valence-electron chi connectivity index (χ2n) is 7.61. The number of hydrogen-bond acceptors (Lipinski definition) is 6. The second kappa shape index (κ2) is 7.82. The highest BCUT2D eigenvalue weighted by Crippen LogP contribution is 2.30. The number of carbonyl (C=O) groups is 3. The maximum Gasteiger partial charge on any atom is 0.339 e. The Kier molecular flexibility index (Phi) is 5.20. The summed E-state index contributed by atoms with van der Waals surface area (Å²) in [6.07, 6.45) is 4.83. The summed E-state index contributed by atoms with van der Waals surface area (Å²) in [5, 5.41) is 0.914. The Morgan fingerprint density at radius 3 is 2.60 bits per heavy atom. The standard InChI is InChI=1S/C23H23NO6/c1-12-21(23(27)28-3)13(2)24-22(12)18(25)11-30-20(26)9-16-10-29-19-8-15-6-4-5-14(15)7-17(16)19/h7-8,10,24H,4-6,9,11H2,1-3H3. The van der Waals surface area contributed by atoms with E-state index in [1.54, 1.807) is 20.1 Å². The monoisotopic (exact) mass is 409 g/mol. The lowest BCUT2D eigenvalue weighted by molar-refractivity contribution is -0.141. The highest BCUT2D eigenvalue weighted by molar-refractivity contribution is 6.02. The molecule has 0 radical (unpaired) electrons. The Bertz CT molecular complexity index is 1170. The molecule has 0 amide bonds. The van der Waals surface area contributed by atoms with Crippen LogP contribution in [-0.4, -0.2) is 36.4 Å². The maximum absolute atomic E-state index is 12.5. The summed E-state index contributed by atoms with van der Waals surface area (Å²) < 4.78 is 15.6. The zero-order valence-electron chi connectivity index (χ0n) is 17.2. The second-order valence-corrected chi connectivity index (χ2v) is 7.61. The van der Waals surface area contributed by atoms with Crippen molar-refractivity contribution in [1.82, 2.24) is 4.98 Å². The number of benzene rings is 1. The zero-order chi connectivity index (χ0) is 21.4. The number of esters is 2. The number of H-pyrrole nitrogens is 1. The van der Waals surface area contributed by atoms with E-state index in [-0.39, 0.29) is 12.1 Å². The number of rotatable bonds is 6. The van der Waals surface area contributed by atoms with Crippen LogP contribution < -0.4 is 0 Å². The van der Waals surface area contributed by atoms with Gasteiger partial charge in [-0.05, 0) is 61.9 Å². The van der Waals surface area contributed by atoms with Gasteiger partial charge in [0.05, 0.1) is 31.1 Å². The predicted molar refractivity (Wildman–Crippen MR) is 109 cm³/mol. The number of ketones is 1. The van der Waals surface area contributed by atoms with E-state index < -0.39 is 24.3 Å². The molecule has 0 atom stereocenters. The van der Waals surface area contributed by atoms with Crippen molar-refractivity contribution in [3.63, 3.8) is 0 Å². The van der Waals surface area contributed by atoms with E-state index in [0.29, 0.717) is 16.8 Å². The van der Waals surface area contributed by atoms with Gasteiger partial charge in [-0.25, -0.2) is 4.79 Å². The number of fused-ring (bicyclic) bond motifs is 2. The van der Waals surface area contributed by atoms with E-state index in [2.05, 4.69) is 11.1 Å². The largest absolute Gasteiger partial charge is 0.465 e. The molecule has 2 heterocycles. The van der Waals surface area contributed by atoms with Gasteiger partial charge in [0, 0.05) is 16.6 Å². The number of nitrogens with one attached hydrogen (secondary N) is 1. The van der Waals surface area contributed by atoms with Crippen molar-refractivity contribution >= 4 is 28.7 Å². The number of carbonyl (C=O) groups excluding carboxylic acids is 3. The molecule has 7 nitrogen and oxygen atoms in total. The maximum atomic E-state index is 12.5. The van der Waals surface area contributed by atoms with Gasteiger partial charge in [0.25, 0.3) is 0 Å². The smallest absolute Gasteiger partial charge is 0.339 e. The van der Waals surface area contributed by atoms with Crippen LogP contribution in [-0.2, 0) is 33.5 Å². The van der Waals surface area contributed by atoms with Gasteiger partial charge >= 0.3 is 11.9 Å². The van der Waals surface area contributed by atoms with Gasteiger partial charge in [0.2, 0.25) is 5.78 Å². The van der Waals surface area contributed by atoms with Crippen molar-refractivity contribution < 1.29 is 28.3 Å². The van der Waals surface area contributed by atoms with Crippen molar-refractivity contribution in [2.45, 2.75) is 39.5 Å². The molecule has 0 fully saturated rings. The van der Waals surface area contributed by atoms with E-state index in [1.807, 2.05) is 6.07 Å². The molecule has 1 aromatic carbocycles. The van der Waals surface area contributed by atoms with Crippen LogP contribution in [0.1, 0.15) is 55.2 Å². The molecular formula is C23H23NO6. The number of aromatic amines is 1. The predicted octanol–water partition coefficient (Wildman–Crippen LogP) is 3.62. The molecule has 0 bridgehead atoms. The first-order chi connectivity index (χ1) is 14.4. The van der Waals surface area contributed by atoms with Crippen molar-refractivity contribution in [3.8, 4) is 0 Å². The Balaban J connectivity index is 1.43. The van der Waals surface area contributed by atoms with Crippen molar-refractivity contribution in [3.05, 3.63) is 57.6 Å². The number of methoxy groups -OCH3 is 1. The first kappa shape index (κ1) is 19.9. The van der Waals surface area contributed by atoms with Crippen LogP contribution >= 0.6 is 0 Å². The fraction of sp³-hybridized carbons (Fsp3) is 0.348. The molecule has 1 aliphatic carbocycles. The summed E-state index contributed by atoms with van der Waals surface area (Å²) in [4.78, 5) is 39.6. The van der Waals surface area contributed by atoms with Gasteiger partial charge < -0.3 is 18.9 Å². The van der Waals surface area contributed by atoms with Crippen LogP contribution in [0.25, 0.3) is 11.0 Å². The van der Waals surface area contributed by atoms with Gasteiger partial charge in [-0.1, -0.05) is 0 Å². The average Bonchev–Trinajstić information content (AvgIpc) is 3.41. The SMILES string of the molecule is COC(=O)c1c(C)[nH]c(C(=O)COC(=O)Cc2coc3cc4c(cc23)CCC4)c1C. The van der Waals surface area contributed by atoms with Crippen molar-refractivity contribution in [1.29, 1.82) is 0 Å². The van der Waals surface area contributed by atoms with E-state index in [0.717, 1.165) is 35.8 Å². The van der Waals surface area contributed by atoms with Crippen LogP contribution in [0.3, 0.4) is 0 Å². The van der Waals surface area contributed by atoms with Gasteiger partial charge in [-0.3, -0.25) is 9.59 Å². The van der Waals surface area contributed by atoms with Crippen LogP contribution in [0.5, 0.6) is 0 Å². The number of ether oxygens (including phenoxy) is 2. The summed E-state index contributed by atoms with van der Waals surface area (Å²) in [6, 6.07) is 4.14. The number of hydrogen-bond donors (Lipinski definition) is 1. The third-order valence-electron chi connectivity index (χ3n) is 5.67. The lowest BCUT2D eigenvalue weighted by atomic mass is 10.0. The highest BCUT2D eigenvalue weighted by Gasteiger charge is 2.23. The fourth-order valence-corrected chi connectivity index (χ4v) is 4.15. The normalized spacial score (nSPS) is 12.8. The van der Waals surface area contributed by atoms with Crippen LogP contribution in [0.4, 0.5) is 0 Å². The van der Waals surface area contributed by atoms with Gasteiger partial charge in [-0.15, -0.1) is 0 Å². The van der Waals surface area contributed by atoms with E-state index in [9.17, 15) is 14.4 Å². The first-order valence-electron chi connectivity index (χ1n) is 9.87. The topological polar surface area (TPSA) is 98.6 Å². The van der Waals surface area contributed by atoms with E-state index in [1.165, 1.54) is 18.2 Å². The Labute approximate surface area is 173 Å². The molecule has 0 aliphatic heterocycles. The highest BCUT2D eigenvalue weighted by atomic mass is 16.5. The first-order valence-corrected chi connectivity index (χ1v) is 9.87. The molecule has 0 saturated carbocycles. The minimum atomic E-state index is -0.518. The summed E-state index contributed by atoms with van der Waals surface area (Å²) in [5.74, 6) is -1.44. The minimum Gasteiger partial charge on any atom is -0.465 e. The summed E-state index contributed by atoms with van der Waals surface area (Å²) >= 11 is 0. The minimum absolute atomic E-state index is 0.0230. The van der Waals surface area contributed by atoms with E-state index >= 15 is 0 Å². The summed E-state index contributed by atoms with van der Waals surface area (Å²) in [5.41, 5.74) is 5.70. The fourth-order valence-electron chi connectivity index (χ4n) is 4.15. The molecular weight excluding hydrogens is 386 g/mol. The lowest BCUT2D eigenvalue weighted by Crippen LogP contribution is -2.16. The van der Waals surface area contributed by atoms with Crippen LogP contribution in [0, 0.1) is 13.8 Å². The van der Waals surface area contributed by atoms with Gasteiger partial charge in [0.1, 0.15) is 5.58 Å². The Hall–Kier alpha value is -3.35. The molecule has 0 spiro atoms. The van der Waals surface area contributed by atoms with Crippen LogP contribution in [0.15, 0.2) is 22.8 Å². The molecule has 156 valence electrons. The molecule has 1 N–H and O–H groups in total. The van der Waals surface area contributed by atoms with Crippen molar-refractivity contribution in [2.75, 3.05) is 13.7 Å². The molecule has 30 heavy (non-hydrogen) atoms. The molecule has 0 unspecified atom stereocenters. The Morgan fingerprint density at radius 1 is 1.13 bits per heavy atom. The molecule has 1 aliphatic rings. The number of aromatic nitrogens is 1. The quantitative estimate of drug-likeness (QED) is 0.493. The number of furan rings is 1. The Morgan fingerprint density at radius 2 is 1.87 bits per heavy atom. The molecule has 4 rings (SSSR count). The average molecular weight is 409 g/mol. The molecule has 2 aromatic heterocycles. The van der Waals surface area contributed by atoms with Crippen LogP contribution in [0.2, 0.25) is 0 Å². The summed E-state index contributed by atoms with van der Waals surface area (Å²) in [7, 11) is 1.28. The molecule has 7 heteroatoms. The number of aryl methyl sites for hydroxylation is 3. The molecule has 3 aromatic rings. The number of Topliss-reactive ketones (excluding diaryl/α,β-unsaturated/α-hetero) is 1. The third kappa shape index (κ3) is 3.51. The van der Waals surface area contributed by atoms with Crippen molar-refractivity contribution in [2.24, 2.45) is 0 Å². The third-order valence-corrected chi connectivity index (χ3v) is 5.67. The lowest BCUT2D eigenvalue weighted by Gasteiger charge is -2.05. The van der Waals surface area contributed by atoms with Gasteiger partial charge in [0.15, 0.2) is 6.61 Å². The van der Waals surface area contributed by atoms with Gasteiger partial charge in [-0.2, -0.15) is 0 Å². The van der Waals surface area contributed by atoms with E-state index in [4.69, 9.17) is 13.9 Å².